The summed E-state index contributed by atoms with van der Waals surface area (Å²) < 4.78 is 64.8. The summed E-state index contributed by atoms with van der Waals surface area (Å²) in [6.07, 6.45) is 0. The minimum absolute atomic E-state index is 0.0591. The maximum absolute atomic E-state index is 13.5. The van der Waals surface area contributed by atoms with Crippen molar-refractivity contribution in [3.63, 3.8) is 0 Å². The second-order valence-corrected chi connectivity index (χ2v) is 12.6. The highest BCUT2D eigenvalue weighted by Crippen LogP contribution is 2.21. The molecule has 308 valence electrons. The topological polar surface area (TPSA) is 214 Å². The zero-order valence-corrected chi connectivity index (χ0v) is 31.8. The van der Waals surface area contributed by atoms with Crippen LogP contribution in [0.1, 0.15) is 23.6 Å². The summed E-state index contributed by atoms with van der Waals surface area (Å²) >= 11 is 4.72. The van der Waals surface area contributed by atoms with Gasteiger partial charge in [-0.3, -0.25) is 19.1 Å². The van der Waals surface area contributed by atoms with E-state index in [-0.39, 0.29) is 58.4 Å². The van der Waals surface area contributed by atoms with Gasteiger partial charge < -0.3 is 15.7 Å². The Labute approximate surface area is 340 Å². The fraction of sp³-hybridized carbons (Fsp3) is 0.100. The summed E-state index contributed by atoms with van der Waals surface area (Å²) in [6.45, 7) is 2.26. The molecular weight excluding hydrogens is 816 g/mol. The SMILES string of the molecule is CCOC(=O)Cl.NC(=NO)c1cccc(Cn2nc(-c3cc(F)cc(F)c3)ccc2=O)c1.O=c1[nH]c(-c2cccc(Cn3nc(-c4cc(F)cc(F)c4)ccc3=O)c2)no1. The van der Waals surface area contributed by atoms with Gasteiger partial charge in [-0.05, 0) is 66.6 Å². The largest absolute Gasteiger partial charge is 0.454 e. The van der Waals surface area contributed by atoms with Gasteiger partial charge in [0.15, 0.2) is 11.7 Å². The molecule has 4 aromatic carbocycles. The van der Waals surface area contributed by atoms with E-state index in [9.17, 15) is 36.7 Å². The van der Waals surface area contributed by atoms with E-state index in [4.69, 9.17) is 22.5 Å². The Morgan fingerprint density at radius 1 is 0.750 bits per heavy atom. The highest BCUT2D eigenvalue weighted by Gasteiger charge is 2.11. The van der Waals surface area contributed by atoms with Crippen LogP contribution in [0.3, 0.4) is 0 Å². The molecule has 0 aliphatic heterocycles. The standard InChI is InChI=1S/C19H12F2N4O3.C18H14F2N4O2.C3H5ClO2/c20-14-7-13(8-15(21)9-14)16-4-5-17(26)25(23-16)10-11-2-1-3-12(6-11)18-22-19(27)28-24-18;19-14-7-13(8-15(20)9-14)16-4-5-17(25)24(22-16)10-11-2-1-3-12(6-11)18(21)23-26;1-2-6-3(4)5/h1-9H,10H2,(H,22,24,27);1-9,26H,10H2,(H2,21,23);2H2,1H3. The number of carbonyl (C=O) groups is 1. The Balaban J connectivity index is 0.000000201. The lowest BCUT2D eigenvalue weighted by atomic mass is 10.1. The number of H-pyrrole nitrogens is 1. The number of hydrogen-bond acceptors (Lipinski definition) is 11. The minimum Gasteiger partial charge on any atom is -0.454 e. The molecule has 4 N–H and O–H groups in total. The van der Waals surface area contributed by atoms with Gasteiger partial charge >= 0.3 is 11.2 Å². The number of nitrogens with one attached hydrogen (secondary N) is 1. The number of aromatic nitrogens is 6. The average Bonchev–Trinajstić information content (AvgIpc) is 3.65. The van der Waals surface area contributed by atoms with Gasteiger partial charge in [0, 0.05) is 58.1 Å². The number of ether oxygens (including phenoxy) is 1. The first-order valence-corrected chi connectivity index (χ1v) is 17.7. The van der Waals surface area contributed by atoms with Crippen LogP contribution < -0.4 is 22.6 Å². The molecular formula is C40H31ClF4N8O7. The number of hydrogen-bond donors (Lipinski definition) is 3. The van der Waals surface area contributed by atoms with Gasteiger partial charge in [-0.15, -0.1) is 0 Å². The third-order valence-corrected chi connectivity index (χ3v) is 8.05. The summed E-state index contributed by atoms with van der Waals surface area (Å²) in [6, 6.07) is 25.1. The molecule has 0 fully saturated rings. The van der Waals surface area contributed by atoms with Crippen molar-refractivity contribution >= 4 is 22.9 Å². The molecule has 15 nitrogen and oxygen atoms in total. The van der Waals surface area contributed by atoms with E-state index < -0.39 is 34.5 Å². The van der Waals surface area contributed by atoms with E-state index in [1.54, 1.807) is 55.5 Å². The first-order chi connectivity index (χ1) is 28.7. The van der Waals surface area contributed by atoms with Gasteiger partial charge in [-0.1, -0.05) is 46.7 Å². The van der Waals surface area contributed by atoms with Crippen molar-refractivity contribution in [1.82, 2.24) is 29.7 Å². The van der Waals surface area contributed by atoms with Gasteiger partial charge in [0.25, 0.3) is 11.1 Å². The summed E-state index contributed by atoms with van der Waals surface area (Å²) in [5, 5.41) is 23.7. The second kappa shape index (κ2) is 20.1. The predicted molar refractivity (Wildman–Crippen MR) is 210 cm³/mol. The fourth-order valence-corrected chi connectivity index (χ4v) is 5.46. The van der Waals surface area contributed by atoms with Crippen molar-refractivity contribution in [2.45, 2.75) is 20.0 Å². The molecule has 0 bridgehead atoms. The van der Waals surface area contributed by atoms with Crippen LogP contribution in [-0.4, -0.2) is 52.8 Å². The number of aromatic amines is 1. The maximum atomic E-state index is 13.5. The van der Waals surface area contributed by atoms with E-state index in [0.717, 1.165) is 36.4 Å². The van der Waals surface area contributed by atoms with Gasteiger partial charge in [0.2, 0.25) is 0 Å². The molecule has 0 aliphatic rings. The first-order valence-electron chi connectivity index (χ1n) is 17.3. The average molecular weight is 847 g/mol. The van der Waals surface area contributed by atoms with Crippen LogP contribution in [0.25, 0.3) is 33.9 Å². The van der Waals surface area contributed by atoms with Crippen LogP contribution in [0, 0.1) is 23.3 Å². The molecule has 0 aliphatic carbocycles. The number of nitrogens with zero attached hydrogens (tertiary/aromatic N) is 6. The van der Waals surface area contributed by atoms with Crippen molar-refractivity contribution in [1.29, 1.82) is 0 Å². The molecule has 0 saturated heterocycles. The smallest absolute Gasteiger partial charge is 0.439 e. The Hall–Kier alpha value is -7.67. The van der Waals surface area contributed by atoms with Crippen LogP contribution in [0.4, 0.5) is 22.4 Å². The Bertz CT molecular complexity index is 2800. The third-order valence-electron chi connectivity index (χ3n) is 7.94. The number of carbonyl (C=O) groups excluding carboxylic acids is 1. The van der Waals surface area contributed by atoms with Crippen LogP contribution in [0.15, 0.2) is 133 Å². The third kappa shape index (κ3) is 12.2. The number of benzene rings is 4. The highest BCUT2D eigenvalue weighted by molar-refractivity contribution is 6.61. The molecule has 3 aromatic heterocycles. The lowest BCUT2D eigenvalue weighted by Crippen LogP contribution is -2.23. The van der Waals surface area contributed by atoms with Crippen LogP contribution in [-0.2, 0) is 17.8 Å². The molecule has 20 heteroatoms. The molecule has 0 amide bonds. The van der Waals surface area contributed by atoms with Crippen molar-refractivity contribution < 1.29 is 36.8 Å². The zero-order chi connectivity index (χ0) is 43.3. The molecule has 0 spiro atoms. The number of amidine groups is 1. The quantitative estimate of drug-likeness (QED) is 0.0367. The number of rotatable bonds is 9. The maximum Gasteiger partial charge on any atom is 0.439 e. The van der Waals surface area contributed by atoms with Crippen LogP contribution in [0.5, 0.6) is 0 Å². The van der Waals surface area contributed by atoms with Crippen molar-refractivity contribution in [3.8, 4) is 33.9 Å². The Morgan fingerprint density at radius 3 is 1.68 bits per heavy atom. The number of oxime groups is 1. The minimum atomic E-state index is -0.738. The monoisotopic (exact) mass is 846 g/mol. The molecule has 0 atom stereocenters. The molecule has 7 aromatic rings. The van der Waals surface area contributed by atoms with Gasteiger partial charge in [-0.2, -0.15) is 10.2 Å². The lowest BCUT2D eigenvalue weighted by molar-refractivity contribution is 0.180. The van der Waals surface area contributed by atoms with Crippen molar-refractivity contribution in [2.24, 2.45) is 10.9 Å². The Morgan fingerprint density at radius 2 is 1.25 bits per heavy atom. The molecule has 0 unspecified atom stereocenters. The predicted octanol–water partition coefficient (Wildman–Crippen LogP) is 6.29. The van der Waals surface area contributed by atoms with E-state index in [1.165, 1.54) is 33.6 Å². The summed E-state index contributed by atoms with van der Waals surface area (Å²) in [7, 11) is 0. The fourth-order valence-electron chi connectivity index (χ4n) is 5.35. The first kappa shape index (κ1) is 43.5. The van der Waals surface area contributed by atoms with E-state index in [0.29, 0.717) is 28.9 Å². The van der Waals surface area contributed by atoms with E-state index in [2.05, 4.69) is 34.8 Å². The summed E-state index contributed by atoms with van der Waals surface area (Å²) in [5.74, 6) is -3.40. The van der Waals surface area contributed by atoms with Crippen molar-refractivity contribution in [3.05, 3.63) is 180 Å². The summed E-state index contributed by atoms with van der Waals surface area (Å²) in [4.78, 5) is 47.4. The molecule has 0 saturated carbocycles. The van der Waals surface area contributed by atoms with Crippen molar-refractivity contribution in [2.75, 3.05) is 6.61 Å². The molecule has 7 rings (SSSR count). The molecule has 60 heavy (non-hydrogen) atoms. The van der Waals surface area contributed by atoms with Crippen LogP contribution >= 0.6 is 11.6 Å². The number of halogens is 5. The van der Waals surface area contributed by atoms with Gasteiger partial charge in [0.05, 0.1) is 31.1 Å². The number of nitrogens with two attached hydrogens (primary N) is 1. The summed E-state index contributed by atoms with van der Waals surface area (Å²) in [5.41, 5.74) is 7.51. The van der Waals surface area contributed by atoms with Gasteiger partial charge in [-0.25, -0.2) is 36.5 Å². The lowest BCUT2D eigenvalue weighted by Gasteiger charge is -2.09. The van der Waals surface area contributed by atoms with Gasteiger partial charge in [0.1, 0.15) is 23.3 Å². The Kier molecular flexibility index (Phi) is 14.6. The zero-order valence-electron chi connectivity index (χ0n) is 31.1. The second-order valence-electron chi connectivity index (χ2n) is 12.2. The van der Waals surface area contributed by atoms with E-state index in [1.807, 2.05) is 0 Å². The normalized spacial score (nSPS) is 10.9. The van der Waals surface area contributed by atoms with Crippen LogP contribution in [0.2, 0.25) is 0 Å². The molecule has 3 heterocycles. The highest BCUT2D eigenvalue weighted by atomic mass is 35.5. The van der Waals surface area contributed by atoms with E-state index >= 15 is 0 Å². The molecule has 0 radical (unpaired) electrons.